The molecule has 20 heavy (non-hydrogen) atoms. The molecule has 0 bridgehead atoms. The second-order valence-electron chi connectivity index (χ2n) is 5.46. The molecule has 1 amide bonds. The summed E-state index contributed by atoms with van der Waals surface area (Å²) in [5.74, 6) is -0.556. The van der Waals surface area contributed by atoms with Crippen molar-refractivity contribution < 1.29 is 9.18 Å². The number of nitrogens with zero attached hydrogens (tertiary/aromatic N) is 3. The van der Waals surface area contributed by atoms with Crippen molar-refractivity contribution in [1.29, 1.82) is 5.26 Å². The van der Waals surface area contributed by atoms with E-state index in [0.29, 0.717) is 31.7 Å². The first-order chi connectivity index (χ1) is 9.44. The van der Waals surface area contributed by atoms with Gasteiger partial charge in [0, 0.05) is 31.7 Å². The van der Waals surface area contributed by atoms with E-state index in [1.54, 1.807) is 11.0 Å². The molecule has 1 fully saturated rings. The summed E-state index contributed by atoms with van der Waals surface area (Å²) in [7, 11) is 0. The highest BCUT2D eigenvalue weighted by atomic mass is 19.1. The van der Waals surface area contributed by atoms with Crippen LogP contribution < -0.4 is 0 Å². The summed E-state index contributed by atoms with van der Waals surface area (Å²) in [4.78, 5) is 16.0. The minimum absolute atomic E-state index is 0.154. The highest BCUT2D eigenvalue weighted by Gasteiger charge is 2.31. The van der Waals surface area contributed by atoms with Gasteiger partial charge in [0.2, 0.25) is 0 Å². The fourth-order valence-electron chi connectivity index (χ4n) is 2.34. The molecule has 1 saturated heterocycles. The van der Waals surface area contributed by atoms with Crippen LogP contribution in [0.4, 0.5) is 4.39 Å². The fraction of sp³-hybridized carbons (Fsp3) is 0.467. The lowest BCUT2D eigenvalue weighted by Crippen LogP contribution is -2.55. The number of benzene rings is 1. The molecule has 5 heteroatoms. The molecular formula is C15H18FN3O. The molecule has 1 heterocycles. The van der Waals surface area contributed by atoms with Gasteiger partial charge in [-0.15, -0.1) is 0 Å². The van der Waals surface area contributed by atoms with Gasteiger partial charge in [0.1, 0.15) is 11.4 Å². The Morgan fingerprint density at radius 3 is 2.50 bits per heavy atom. The lowest BCUT2D eigenvalue weighted by Gasteiger charge is -2.40. The number of rotatable bonds is 2. The Morgan fingerprint density at radius 1 is 1.30 bits per heavy atom. The van der Waals surface area contributed by atoms with Crippen molar-refractivity contribution in [1.82, 2.24) is 9.80 Å². The average molecular weight is 275 g/mol. The van der Waals surface area contributed by atoms with E-state index in [1.165, 1.54) is 18.2 Å². The number of piperazine rings is 1. The Labute approximate surface area is 118 Å². The minimum atomic E-state index is -0.520. The maximum Gasteiger partial charge on any atom is 0.254 e. The molecule has 4 nitrogen and oxygen atoms in total. The molecule has 0 saturated carbocycles. The Hall–Kier alpha value is -1.93. The number of amides is 1. The average Bonchev–Trinajstić information content (AvgIpc) is 2.46. The second-order valence-corrected chi connectivity index (χ2v) is 5.46. The highest BCUT2D eigenvalue weighted by Crippen LogP contribution is 2.17. The van der Waals surface area contributed by atoms with Gasteiger partial charge in [0.25, 0.3) is 5.91 Å². The summed E-state index contributed by atoms with van der Waals surface area (Å²) in [5, 5.41) is 9.12. The number of halogens is 1. The van der Waals surface area contributed by atoms with Crippen molar-refractivity contribution in [3.05, 3.63) is 35.6 Å². The number of hydrogen-bond acceptors (Lipinski definition) is 3. The standard InChI is InChI=1S/C15H18FN3O/c1-15(2,11-17)19-8-6-18(7-9-19)14(20)12-4-3-5-13(16)10-12/h3-5,10H,6-9H2,1-2H3. The topological polar surface area (TPSA) is 47.3 Å². The summed E-state index contributed by atoms with van der Waals surface area (Å²) in [6.07, 6.45) is 0. The van der Waals surface area contributed by atoms with Crippen molar-refractivity contribution in [2.45, 2.75) is 19.4 Å². The van der Waals surface area contributed by atoms with Crippen LogP contribution in [0.15, 0.2) is 24.3 Å². The molecule has 0 N–H and O–H groups in total. The summed E-state index contributed by atoms with van der Waals surface area (Å²) in [6.45, 7) is 6.16. The van der Waals surface area contributed by atoms with Gasteiger partial charge in [-0.3, -0.25) is 9.69 Å². The molecule has 0 radical (unpaired) electrons. The van der Waals surface area contributed by atoms with E-state index in [9.17, 15) is 9.18 Å². The third kappa shape index (κ3) is 2.97. The van der Waals surface area contributed by atoms with Crippen LogP contribution in [-0.2, 0) is 0 Å². The van der Waals surface area contributed by atoms with Crippen LogP contribution in [0.5, 0.6) is 0 Å². The Balaban J connectivity index is 2.01. The van der Waals surface area contributed by atoms with Crippen LogP contribution in [0.2, 0.25) is 0 Å². The van der Waals surface area contributed by atoms with Gasteiger partial charge >= 0.3 is 0 Å². The van der Waals surface area contributed by atoms with Crippen LogP contribution in [-0.4, -0.2) is 47.4 Å². The molecule has 1 aliphatic heterocycles. The van der Waals surface area contributed by atoms with E-state index in [1.807, 2.05) is 13.8 Å². The Morgan fingerprint density at radius 2 is 1.95 bits per heavy atom. The van der Waals surface area contributed by atoms with Gasteiger partial charge in [0.05, 0.1) is 6.07 Å². The molecule has 106 valence electrons. The number of carbonyl (C=O) groups excluding carboxylic acids is 1. The van der Waals surface area contributed by atoms with Gasteiger partial charge in [-0.2, -0.15) is 5.26 Å². The maximum absolute atomic E-state index is 13.1. The van der Waals surface area contributed by atoms with E-state index in [-0.39, 0.29) is 5.91 Å². The second kappa shape index (κ2) is 5.59. The zero-order valence-electron chi connectivity index (χ0n) is 11.8. The van der Waals surface area contributed by atoms with Crippen LogP contribution in [0.25, 0.3) is 0 Å². The van der Waals surface area contributed by atoms with Crippen LogP contribution >= 0.6 is 0 Å². The number of hydrogen-bond donors (Lipinski definition) is 0. The summed E-state index contributed by atoms with van der Waals surface area (Å²) in [5.41, 5.74) is -0.147. The molecule has 0 aliphatic carbocycles. The maximum atomic E-state index is 13.1. The quantitative estimate of drug-likeness (QED) is 0.828. The van der Waals surface area contributed by atoms with Gasteiger partial charge in [-0.25, -0.2) is 4.39 Å². The van der Waals surface area contributed by atoms with Crippen molar-refractivity contribution >= 4 is 5.91 Å². The molecule has 0 atom stereocenters. The van der Waals surface area contributed by atoms with E-state index in [2.05, 4.69) is 11.0 Å². The number of nitriles is 1. The first-order valence-corrected chi connectivity index (χ1v) is 6.65. The van der Waals surface area contributed by atoms with E-state index < -0.39 is 11.4 Å². The first-order valence-electron chi connectivity index (χ1n) is 6.65. The first kappa shape index (κ1) is 14.5. The Bertz CT molecular complexity index is 542. The van der Waals surface area contributed by atoms with Crippen LogP contribution in [0, 0.1) is 17.1 Å². The molecule has 1 aromatic carbocycles. The molecule has 1 aromatic rings. The highest BCUT2D eigenvalue weighted by molar-refractivity contribution is 5.94. The predicted molar refractivity (Wildman–Crippen MR) is 73.6 cm³/mol. The van der Waals surface area contributed by atoms with E-state index in [4.69, 9.17) is 5.26 Å². The van der Waals surface area contributed by atoms with Gasteiger partial charge < -0.3 is 4.90 Å². The molecule has 2 rings (SSSR count). The van der Waals surface area contributed by atoms with Gasteiger partial charge in [0.15, 0.2) is 0 Å². The summed E-state index contributed by atoms with van der Waals surface area (Å²) < 4.78 is 13.1. The van der Waals surface area contributed by atoms with Crippen molar-refractivity contribution in [3.8, 4) is 6.07 Å². The van der Waals surface area contributed by atoms with Crippen molar-refractivity contribution in [3.63, 3.8) is 0 Å². The predicted octanol–water partition coefficient (Wildman–Crippen LogP) is 1.89. The zero-order valence-corrected chi connectivity index (χ0v) is 11.8. The molecule has 0 spiro atoms. The van der Waals surface area contributed by atoms with Crippen molar-refractivity contribution in [2.75, 3.05) is 26.2 Å². The normalized spacial score (nSPS) is 16.8. The van der Waals surface area contributed by atoms with Gasteiger partial charge in [-0.1, -0.05) is 6.07 Å². The van der Waals surface area contributed by atoms with Crippen LogP contribution in [0.3, 0.4) is 0 Å². The van der Waals surface area contributed by atoms with Gasteiger partial charge in [-0.05, 0) is 32.0 Å². The smallest absolute Gasteiger partial charge is 0.254 e. The minimum Gasteiger partial charge on any atom is -0.336 e. The van der Waals surface area contributed by atoms with Crippen molar-refractivity contribution in [2.24, 2.45) is 0 Å². The lowest BCUT2D eigenvalue weighted by atomic mass is 10.0. The van der Waals surface area contributed by atoms with E-state index in [0.717, 1.165) is 0 Å². The molecule has 0 aromatic heterocycles. The fourth-order valence-corrected chi connectivity index (χ4v) is 2.34. The SMILES string of the molecule is CC(C)(C#N)N1CCN(C(=O)c2cccc(F)c2)CC1. The monoisotopic (exact) mass is 275 g/mol. The van der Waals surface area contributed by atoms with Crippen LogP contribution in [0.1, 0.15) is 24.2 Å². The summed E-state index contributed by atoms with van der Waals surface area (Å²) in [6, 6.07) is 8.01. The largest absolute Gasteiger partial charge is 0.336 e. The molecule has 1 aliphatic rings. The summed E-state index contributed by atoms with van der Waals surface area (Å²) >= 11 is 0. The molecule has 0 unspecified atom stereocenters. The number of carbonyl (C=O) groups is 1. The Kier molecular flexibility index (Phi) is 4.05. The lowest BCUT2D eigenvalue weighted by molar-refractivity contribution is 0.0520. The van der Waals surface area contributed by atoms with E-state index >= 15 is 0 Å². The third-order valence-electron chi connectivity index (χ3n) is 3.70. The zero-order chi connectivity index (χ0) is 14.8. The third-order valence-corrected chi connectivity index (χ3v) is 3.70. The molecular weight excluding hydrogens is 257 g/mol.